The summed E-state index contributed by atoms with van der Waals surface area (Å²) in [7, 11) is -2.91. The Hall–Kier alpha value is -0.270. The van der Waals surface area contributed by atoms with Gasteiger partial charge in [0.2, 0.25) is 5.91 Å². The van der Waals surface area contributed by atoms with Crippen molar-refractivity contribution in [2.24, 2.45) is 5.73 Å². The Bertz CT molecular complexity index is 423. The fraction of sp³-hybridized carbons (Fsp3) is 0.917. The largest absolute Gasteiger partial charge is 0.368 e. The Morgan fingerprint density at radius 1 is 1.53 bits per heavy atom. The zero-order chi connectivity index (χ0) is 14.7. The number of nitrogens with two attached hydrogens (primary N) is 1. The van der Waals surface area contributed by atoms with E-state index in [1.807, 2.05) is 13.8 Å². The molecule has 2 atom stereocenters. The smallest absolute Gasteiger partial charge is 0.237 e. The molecule has 2 unspecified atom stereocenters. The molecule has 1 amide bonds. The van der Waals surface area contributed by atoms with Crippen molar-refractivity contribution < 1.29 is 13.2 Å². The predicted molar refractivity (Wildman–Crippen MR) is 80.0 cm³/mol. The third kappa shape index (κ3) is 5.31. The number of hydrogen-bond acceptors (Lipinski definition) is 5. The number of carbonyl (C=O) groups excluding carboxylic acids is 1. The maximum Gasteiger partial charge on any atom is 0.237 e. The van der Waals surface area contributed by atoms with Gasteiger partial charge in [0.15, 0.2) is 0 Å². The first-order valence-corrected chi connectivity index (χ1v) is 9.62. The van der Waals surface area contributed by atoms with Crippen LogP contribution in [0.5, 0.6) is 0 Å². The Labute approximate surface area is 120 Å². The molecule has 1 saturated carbocycles. The molecule has 0 aromatic rings. The highest BCUT2D eigenvalue weighted by Crippen LogP contribution is 2.37. The molecule has 0 saturated heterocycles. The van der Waals surface area contributed by atoms with Gasteiger partial charge in [-0.15, -0.1) is 0 Å². The van der Waals surface area contributed by atoms with Crippen molar-refractivity contribution in [1.29, 1.82) is 0 Å². The number of primary amides is 1. The van der Waals surface area contributed by atoms with Gasteiger partial charge in [-0.3, -0.25) is 4.79 Å². The van der Waals surface area contributed by atoms with Crippen molar-refractivity contribution in [3.63, 3.8) is 0 Å². The average Bonchev–Trinajstić information content (AvgIpc) is 2.60. The third-order valence-electron chi connectivity index (χ3n) is 3.31. The van der Waals surface area contributed by atoms with Gasteiger partial charge >= 0.3 is 0 Å². The van der Waals surface area contributed by atoms with Gasteiger partial charge in [-0.1, -0.05) is 0 Å². The first kappa shape index (κ1) is 16.8. The van der Waals surface area contributed by atoms with Crippen LogP contribution in [-0.2, 0) is 14.6 Å². The number of amides is 1. The van der Waals surface area contributed by atoms with Gasteiger partial charge in [-0.25, -0.2) is 8.42 Å². The van der Waals surface area contributed by atoms with Crippen molar-refractivity contribution in [2.45, 2.75) is 49.9 Å². The maximum atomic E-state index is 11.7. The summed E-state index contributed by atoms with van der Waals surface area (Å²) in [5.41, 5.74) is 4.92. The summed E-state index contributed by atoms with van der Waals surface area (Å²) in [5, 5.41) is 3.59. The number of rotatable bonds is 7. The first-order chi connectivity index (χ1) is 8.65. The first-order valence-electron chi connectivity index (χ1n) is 6.51. The molecule has 0 bridgehead atoms. The van der Waals surface area contributed by atoms with Crippen LogP contribution in [0.15, 0.2) is 0 Å². The van der Waals surface area contributed by atoms with Crippen LogP contribution < -0.4 is 11.1 Å². The normalized spacial score (nSPS) is 27.9. The number of carbonyl (C=O) groups is 1. The highest BCUT2D eigenvalue weighted by molar-refractivity contribution is 8.01. The fourth-order valence-electron chi connectivity index (χ4n) is 2.49. The molecule has 0 spiro atoms. The van der Waals surface area contributed by atoms with Crippen molar-refractivity contribution in [3.8, 4) is 0 Å². The van der Waals surface area contributed by atoms with Crippen molar-refractivity contribution in [2.75, 3.05) is 17.8 Å². The standard InChI is InChI=1S/C12H24N2O3S2/c1-9(2)14-12(11(13)15)5-4-10(8-12)18-6-7-19(3,16)17/h9-10,14H,4-8H2,1-3H3,(H2,13,15). The molecule has 1 fully saturated rings. The van der Waals surface area contributed by atoms with Gasteiger partial charge in [0.1, 0.15) is 9.84 Å². The predicted octanol–water partition coefficient (Wildman–Crippen LogP) is 0.539. The molecule has 1 aliphatic rings. The van der Waals surface area contributed by atoms with E-state index in [1.54, 1.807) is 11.8 Å². The van der Waals surface area contributed by atoms with Gasteiger partial charge in [0, 0.05) is 23.3 Å². The number of thioether (sulfide) groups is 1. The zero-order valence-corrected chi connectivity index (χ0v) is 13.4. The molecular weight excluding hydrogens is 284 g/mol. The van der Waals surface area contributed by atoms with Crippen molar-refractivity contribution in [1.82, 2.24) is 5.32 Å². The van der Waals surface area contributed by atoms with Crippen LogP contribution in [0.2, 0.25) is 0 Å². The molecule has 112 valence electrons. The van der Waals surface area contributed by atoms with Crippen molar-refractivity contribution >= 4 is 27.5 Å². The van der Waals surface area contributed by atoms with E-state index in [4.69, 9.17) is 5.73 Å². The van der Waals surface area contributed by atoms with Crippen LogP contribution in [-0.4, -0.2) is 48.9 Å². The van der Waals surface area contributed by atoms with Crippen LogP contribution in [0.25, 0.3) is 0 Å². The lowest BCUT2D eigenvalue weighted by molar-refractivity contribution is -0.124. The van der Waals surface area contributed by atoms with E-state index in [9.17, 15) is 13.2 Å². The quantitative estimate of drug-likeness (QED) is 0.716. The maximum absolute atomic E-state index is 11.7. The van der Waals surface area contributed by atoms with Crippen LogP contribution in [0.1, 0.15) is 33.1 Å². The highest BCUT2D eigenvalue weighted by atomic mass is 32.2. The van der Waals surface area contributed by atoms with E-state index >= 15 is 0 Å². The SMILES string of the molecule is CC(C)NC1(C(N)=O)CCC(SCCS(C)(=O)=O)C1. The van der Waals surface area contributed by atoms with E-state index < -0.39 is 15.4 Å². The van der Waals surface area contributed by atoms with E-state index in [1.165, 1.54) is 6.26 Å². The Kier molecular flexibility index (Phi) is 5.70. The molecule has 3 N–H and O–H groups in total. The van der Waals surface area contributed by atoms with E-state index in [0.717, 1.165) is 12.8 Å². The lowest BCUT2D eigenvalue weighted by Crippen LogP contribution is -2.56. The number of nitrogens with one attached hydrogen (secondary N) is 1. The molecule has 0 aromatic heterocycles. The van der Waals surface area contributed by atoms with Gasteiger partial charge in [0.25, 0.3) is 0 Å². The zero-order valence-electron chi connectivity index (χ0n) is 11.8. The summed E-state index contributed by atoms with van der Waals surface area (Å²) in [6, 6.07) is 0.201. The summed E-state index contributed by atoms with van der Waals surface area (Å²) in [6.45, 7) is 3.99. The molecule has 0 radical (unpaired) electrons. The lowest BCUT2D eigenvalue weighted by Gasteiger charge is -2.29. The monoisotopic (exact) mass is 308 g/mol. The minimum Gasteiger partial charge on any atom is -0.368 e. The molecule has 0 aliphatic heterocycles. The van der Waals surface area contributed by atoms with Crippen LogP contribution in [0.4, 0.5) is 0 Å². The summed E-state index contributed by atoms with van der Waals surface area (Å²) >= 11 is 1.63. The Morgan fingerprint density at radius 2 is 2.16 bits per heavy atom. The molecule has 5 nitrogen and oxygen atoms in total. The minimum absolute atomic E-state index is 0.190. The third-order valence-corrected chi connectivity index (χ3v) is 5.83. The lowest BCUT2D eigenvalue weighted by atomic mass is 9.96. The molecular formula is C12H24N2O3S2. The van der Waals surface area contributed by atoms with Crippen LogP contribution in [0.3, 0.4) is 0 Å². The molecule has 1 rings (SSSR count). The topological polar surface area (TPSA) is 89.3 Å². The summed E-state index contributed by atoms with van der Waals surface area (Å²) < 4.78 is 22.2. The summed E-state index contributed by atoms with van der Waals surface area (Å²) in [5.74, 6) is 0.474. The van der Waals surface area contributed by atoms with Crippen LogP contribution in [0, 0.1) is 0 Å². The second-order valence-corrected chi connectivity index (χ2v) is 9.28. The summed E-state index contributed by atoms with van der Waals surface area (Å²) in [4.78, 5) is 11.7. The van der Waals surface area contributed by atoms with E-state index in [0.29, 0.717) is 17.4 Å². The van der Waals surface area contributed by atoms with Gasteiger partial charge < -0.3 is 11.1 Å². The summed E-state index contributed by atoms with van der Waals surface area (Å²) in [6.07, 6.45) is 3.57. The Morgan fingerprint density at radius 3 is 2.63 bits per heavy atom. The fourth-order valence-corrected chi connectivity index (χ4v) is 5.10. The second kappa shape index (κ2) is 6.45. The molecule has 0 aromatic carbocycles. The minimum atomic E-state index is -2.91. The molecule has 19 heavy (non-hydrogen) atoms. The van der Waals surface area contributed by atoms with Gasteiger partial charge in [0.05, 0.1) is 11.3 Å². The highest BCUT2D eigenvalue weighted by Gasteiger charge is 2.44. The Balaban J connectivity index is 2.52. The average molecular weight is 308 g/mol. The number of hydrogen-bond donors (Lipinski definition) is 2. The van der Waals surface area contributed by atoms with Gasteiger partial charge in [-0.05, 0) is 33.1 Å². The van der Waals surface area contributed by atoms with Gasteiger partial charge in [-0.2, -0.15) is 11.8 Å². The van der Waals surface area contributed by atoms with Crippen LogP contribution >= 0.6 is 11.8 Å². The van der Waals surface area contributed by atoms with E-state index in [2.05, 4.69) is 5.32 Å². The second-order valence-electron chi connectivity index (χ2n) is 5.61. The number of sulfone groups is 1. The van der Waals surface area contributed by atoms with Crippen molar-refractivity contribution in [3.05, 3.63) is 0 Å². The molecule has 0 heterocycles. The molecule has 7 heteroatoms. The molecule has 1 aliphatic carbocycles. The van der Waals surface area contributed by atoms with E-state index in [-0.39, 0.29) is 17.7 Å².